The number of aromatic carboxylic acids is 1. The number of carbonyl (C=O) groups excluding carboxylic acids is 1. The molecule has 0 saturated heterocycles. The third-order valence-electron chi connectivity index (χ3n) is 2.13. The first-order valence-corrected chi connectivity index (χ1v) is 6.08. The summed E-state index contributed by atoms with van der Waals surface area (Å²) in [5.41, 5.74) is 0.609. The highest BCUT2D eigenvalue weighted by Crippen LogP contribution is 2.28. The van der Waals surface area contributed by atoms with Crippen molar-refractivity contribution >= 4 is 50.6 Å². The van der Waals surface area contributed by atoms with Crippen molar-refractivity contribution in [3.8, 4) is 0 Å². The van der Waals surface area contributed by atoms with E-state index in [1.807, 2.05) is 0 Å². The minimum atomic E-state index is -0.947. The lowest BCUT2D eigenvalue weighted by molar-refractivity contribution is -0.113. The van der Waals surface area contributed by atoms with Crippen LogP contribution in [0.3, 0.4) is 0 Å². The Morgan fingerprint density at radius 1 is 1.35 bits per heavy atom. The van der Waals surface area contributed by atoms with Crippen LogP contribution in [0.15, 0.2) is 24.3 Å². The van der Waals surface area contributed by atoms with E-state index in [1.165, 1.54) is 11.3 Å². The molecule has 0 spiro atoms. The zero-order valence-electron chi connectivity index (χ0n) is 8.57. The molecular formula is C11H8ClNO3S. The zero-order valence-corrected chi connectivity index (χ0v) is 10.1. The van der Waals surface area contributed by atoms with Gasteiger partial charge in [-0.3, -0.25) is 4.79 Å². The Morgan fingerprint density at radius 2 is 2.12 bits per heavy atom. The molecule has 0 atom stereocenters. The van der Waals surface area contributed by atoms with Gasteiger partial charge < -0.3 is 10.4 Å². The van der Waals surface area contributed by atoms with Crippen LogP contribution in [0.1, 0.15) is 9.67 Å². The Balaban J connectivity index is 2.36. The van der Waals surface area contributed by atoms with E-state index in [9.17, 15) is 9.59 Å². The number of rotatable bonds is 3. The van der Waals surface area contributed by atoms with Gasteiger partial charge in [-0.15, -0.1) is 22.9 Å². The summed E-state index contributed by atoms with van der Waals surface area (Å²) in [4.78, 5) is 22.2. The van der Waals surface area contributed by atoms with Crippen molar-refractivity contribution in [2.24, 2.45) is 0 Å². The Morgan fingerprint density at radius 3 is 2.76 bits per heavy atom. The smallest absolute Gasteiger partial charge is 0.345 e. The SMILES string of the molecule is O=C(CCl)Nc1ccc2sc(C(=O)O)cc2c1. The predicted molar refractivity (Wildman–Crippen MR) is 68.1 cm³/mol. The lowest BCUT2D eigenvalue weighted by atomic mass is 10.2. The summed E-state index contributed by atoms with van der Waals surface area (Å²) in [5, 5.41) is 12.3. The van der Waals surface area contributed by atoms with Crippen molar-refractivity contribution in [2.45, 2.75) is 0 Å². The molecule has 0 saturated carbocycles. The van der Waals surface area contributed by atoms with Crippen LogP contribution < -0.4 is 5.32 Å². The first kappa shape index (κ1) is 11.9. The summed E-state index contributed by atoms with van der Waals surface area (Å²) in [5.74, 6) is -1.35. The van der Waals surface area contributed by atoms with Crippen LogP contribution in [-0.4, -0.2) is 22.9 Å². The number of nitrogens with one attached hydrogen (secondary N) is 1. The Kier molecular flexibility index (Phi) is 3.31. The Labute approximate surface area is 106 Å². The highest BCUT2D eigenvalue weighted by atomic mass is 35.5. The van der Waals surface area contributed by atoms with E-state index < -0.39 is 5.97 Å². The second kappa shape index (κ2) is 4.73. The van der Waals surface area contributed by atoms with Crippen LogP contribution in [0, 0.1) is 0 Å². The maximum atomic E-state index is 11.1. The molecule has 1 amide bonds. The van der Waals surface area contributed by atoms with Gasteiger partial charge in [0.05, 0.1) is 0 Å². The average molecular weight is 270 g/mol. The average Bonchev–Trinajstić information content (AvgIpc) is 2.72. The van der Waals surface area contributed by atoms with Crippen LogP contribution in [0.4, 0.5) is 5.69 Å². The molecule has 0 radical (unpaired) electrons. The summed E-state index contributed by atoms with van der Waals surface area (Å²) in [6.07, 6.45) is 0. The van der Waals surface area contributed by atoms with Crippen LogP contribution in [0.2, 0.25) is 0 Å². The van der Waals surface area contributed by atoms with Gasteiger partial charge in [0.25, 0.3) is 0 Å². The first-order chi connectivity index (χ1) is 8.10. The number of carbonyl (C=O) groups is 2. The van der Waals surface area contributed by atoms with Crippen molar-refractivity contribution in [1.29, 1.82) is 0 Å². The van der Waals surface area contributed by atoms with Gasteiger partial charge in [-0.2, -0.15) is 0 Å². The van der Waals surface area contributed by atoms with Gasteiger partial charge in [0, 0.05) is 10.4 Å². The number of thiophene rings is 1. The van der Waals surface area contributed by atoms with Gasteiger partial charge in [0.2, 0.25) is 5.91 Å². The molecule has 4 nitrogen and oxygen atoms in total. The molecule has 6 heteroatoms. The van der Waals surface area contributed by atoms with Crippen molar-refractivity contribution < 1.29 is 14.7 Å². The number of carboxylic acid groups (broad SMARTS) is 1. The van der Waals surface area contributed by atoms with Crippen molar-refractivity contribution in [3.63, 3.8) is 0 Å². The maximum absolute atomic E-state index is 11.1. The molecule has 88 valence electrons. The van der Waals surface area contributed by atoms with Gasteiger partial charge in [0.15, 0.2) is 0 Å². The van der Waals surface area contributed by atoms with E-state index in [4.69, 9.17) is 16.7 Å². The fourth-order valence-electron chi connectivity index (χ4n) is 1.42. The topological polar surface area (TPSA) is 66.4 Å². The zero-order chi connectivity index (χ0) is 12.4. The van der Waals surface area contributed by atoms with E-state index in [1.54, 1.807) is 24.3 Å². The second-order valence-electron chi connectivity index (χ2n) is 3.35. The number of benzene rings is 1. The molecule has 1 heterocycles. The standard InChI is InChI=1S/C11H8ClNO3S/c12-5-10(14)13-7-1-2-8-6(3-7)4-9(17-8)11(15)16/h1-4H,5H2,(H,13,14)(H,15,16). The molecular weight excluding hydrogens is 262 g/mol. The summed E-state index contributed by atoms with van der Waals surface area (Å²) in [6.45, 7) is 0. The predicted octanol–water partition coefficient (Wildman–Crippen LogP) is 2.78. The van der Waals surface area contributed by atoms with Gasteiger partial charge in [-0.25, -0.2) is 4.79 Å². The number of fused-ring (bicyclic) bond motifs is 1. The van der Waals surface area contributed by atoms with E-state index in [2.05, 4.69) is 5.32 Å². The number of hydrogen-bond acceptors (Lipinski definition) is 3. The molecule has 0 fully saturated rings. The number of amides is 1. The highest BCUT2D eigenvalue weighted by molar-refractivity contribution is 7.20. The molecule has 0 unspecified atom stereocenters. The number of carboxylic acids is 1. The van der Waals surface area contributed by atoms with Crippen LogP contribution in [-0.2, 0) is 4.79 Å². The third-order valence-corrected chi connectivity index (χ3v) is 3.48. The minimum Gasteiger partial charge on any atom is -0.477 e. The number of alkyl halides is 1. The van der Waals surface area contributed by atoms with Crippen molar-refractivity contribution in [2.75, 3.05) is 11.2 Å². The van der Waals surface area contributed by atoms with E-state index in [-0.39, 0.29) is 16.7 Å². The van der Waals surface area contributed by atoms with Crippen molar-refractivity contribution in [3.05, 3.63) is 29.1 Å². The molecule has 2 N–H and O–H groups in total. The normalized spacial score (nSPS) is 10.4. The fourth-order valence-corrected chi connectivity index (χ4v) is 2.37. The second-order valence-corrected chi connectivity index (χ2v) is 4.70. The summed E-state index contributed by atoms with van der Waals surface area (Å²) < 4.78 is 0.867. The lowest BCUT2D eigenvalue weighted by Crippen LogP contribution is -2.12. The van der Waals surface area contributed by atoms with E-state index in [0.717, 1.165) is 10.1 Å². The Bertz CT molecular complexity index is 593. The highest BCUT2D eigenvalue weighted by Gasteiger charge is 2.09. The van der Waals surface area contributed by atoms with Gasteiger partial charge in [-0.05, 0) is 29.7 Å². The summed E-state index contributed by atoms with van der Waals surface area (Å²) >= 11 is 6.58. The first-order valence-electron chi connectivity index (χ1n) is 4.73. The summed E-state index contributed by atoms with van der Waals surface area (Å²) in [7, 11) is 0. The van der Waals surface area contributed by atoms with Crippen LogP contribution in [0.5, 0.6) is 0 Å². The molecule has 1 aromatic carbocycles. The lowest BCUT2D eigenvalue weighted by Gasteiger charge is -2.02. The third kappa shape index (κ3) is 2.57. The monoisotopic (exact) mass is 269 g/mol. The van der Waals surface area contributed by atoms with Gasteiger partial charge >= 0.3 is 5.97 Å². The molecule has 17 heavy (non-hydrogen) atoms. The number of halogens is 1. The summed E-state index contributed by atoms with van der Waals surface area (Å²) in [6, 6.07) is 6.80. The molecule has 2 aromatic rings. The minimum absolute atomic E-state index is 0.109. The van der Waals surface area contributed by atoms with E-state index >= 15 is 0 Å². The Hall–Kier alpha value is -1.59. The fraction of sp³-hybridized carbons (Fsp3) is 0.0909. The maximum Gasteiger partial charge on any atom is 0.345 e. The quantitative estimate of drug-likeness (QED) is 0.842. The van der Waals surface area contributed by atoms with Gasteiger partial charge in [0.1, 0.15) is 10.8 Å². The number of anilines is 1. The van der Waals surface area contributed by atoms with Crippen LogP contribution in [0.25, 0.3) is 10.1 Å². The van der Waals surface area contributed by atoms with E-state index in [0.29, 0.717) is 5.69 Å². The molecule has 0 bridgehead atoms. The van der Waals surface area contributed by atoms with Crippen molar-refractivity contribution in [1.82, 2.24) is 0 Å². The van der Waals surface area contributed by atoms with Crippen LogP contribution >= 0.6 is 22.9 Å². The molecule has 0 aliphatic rings. The molecule has 2 rings (SSSR count). The number of hydrogen-bond donors (Lipinski definition) is 2. The molecule has 0 aliphatic heterocycles. The molecule has 0 aliphatic carbocycles. The van der Waals surface area contributed by atoms with Gasteiger partial charge in [-0.1, -0.05) is 0 Å². The molecule has 1 aromatic heterocycles. The largest absolute Gasteiger partial charge is 0.477 e.